The predicted molar refractivity (Wildman–Crippen MR) is 60.9 cm³/mol. The monoisotopic (exact) mass is 232 g/mol. The summed E-state index contributed by atoms with van der Waals surface area (Å²) in [5, 5.41) is 1.41. The molecular formula is C9H13ClN2OS. The highest BCUT2D eigenvalue weighted by atomic mass is 35.5. The number of ether oxygens (including phenoxy) is 1. The highest BCUT2D eigenvalue weighted by Gasteiger charge is 2.01. The molecule has 1 heterocycles. The lowest BCUT2D eigenvalue weighted by Crippen LogP contribution is -1.94. The highest BCUT2D eigenvalue weighted by Crippen LogP contribution is 2.25. The topological polar surface area (TPSA) is 48.1 Å². The molecule has 14 heavy (non-hydrogen) atoms. The van der Waals surface area contributed by atoms with E-state index in [2.05, 4.69) is 4.98 Å². The molecule has 5 heteroatoms. The Balaban J connectivity index is 2.42. The molecule has 0 fully saturated rings. The minimum Gasteiger partial charge on any atom is -0.397 e. The fraction of sp³-hybridized carbons (Fsp3) is 0.444. The van der Waals surface area contributed by atoms with E-state index in [9.17, 15) is 0 Å². The molecule has 0 unspecified atom stereocenters. The Bertz CT molecular complexity index is 296. The number of rotatable bonds is 5. The lowest BCUT2D eigenvalue weighted by molar-refractivity contribution is 0.200. The molecule has 0 radical (unpaired) electrons. The maximum atomic E-state index is 5.74. The minimum atomic E-state index is 0.573. The van der Waals surface area contributed by atoms with Gasteiger partial charge in [0.2, 0.25) is 0 Å². The summed E-state index contributed by atoms with van der Waals surface area (Å²) in [4.78, 5) is 4.14. The van der Waals surface area contributed by atoms with Gasteiger partial charge in [0.15, 0.2) is 0 Å². The van der Waals surface area contributed by atoms with Gasteiger partial charge in [0.1, 0.15) is 5.03 Å². The van der Waals surface area contributed by atoms with Gasteiger partial charge in [-0.3, -0.25) is 0 Å². The first-order chi connectivity index (χ1) is 6.74. The van der Waals surface area contributed by atoms with Crippen LogP contribution in [0, 0.1) is 0 Å². The molecule has 0 aliphatic heterocycles. The highest BCUT2D eigenvalue weighted by molar-refractivity contribution is 7.99. The summed E-state index contributed by atoms with van der Waals surface area (Å²) in [5.74, 6) is 0.951. The molecule has 0 atom stereocenters. The lowest BCUT2D eigenvalue weighted by Gasteiger charge is -2.03. The fourth-order valence-electron chi connectivity index (χ4n) is 0.935. The van der Waals surface area contributed by atoms with E-state index in [1.165, 1.54) is 0 Å². The fourth-order valence-corrected chi connectivity index (χ4v) is 1.91. The molecule has 0 saturated heterocycles. The molecule has 0 spiro atoms. The van der Waals surface area contributed by atoms with Gasteiger partial charge in [0.25, 0.3) is 0 Å². The van der Waals surface area contributed by atoms with E-state index < -0.39 is 0 Å². The number of aromatic nitrogens is 1. The molecular weight excluding hydrogens is 220 g/mol. The van der Waals surface area contributed by atoms with Gasteiger partial charge in [-0.15, -0.1) is 11.8 Å². The summed E-state index contributed by atoms with van der Waals surface area (Å²) >= 11 is 7.35. The van der Waals surface area contributed by atoms with Gasteiger partial charge < -0.3 is 10.5 Å². The number of nitrogen functional groups attached to an aromatic ring is 1. The van der Waals surface area contributed by atoms with Crippen molar-refractivity contribution in [2.45, 2.75) is 11.4 Å². The molecule has 3 nitrogen and oxygen atoms in total. The standard InChI is InChI=1S/C9H13ClN2OS/c1-13-3-2-4-14-9-8(11)5-7(10)6-12-9/h5-6H,2-4,11H2,1H3. The van der Waals surface area contributed by atoms with Crippen molar-refractivity contribution in [3.63, 3.8) is 0 Å². The van der Waals surface area contributed by atoms with E-state index in [4.69, 9.17) is 22.1 Å². The molecule has 0 amide bonds. The number of pyridine rings is 1. The minimum absolute atomic E-state index is 0.573. The first kappa shape index (κ1) is 11.6. The van der Waals surface area contributed by atoms with Crippen LogP contribution in [0.4, 0.5) is 5.69 Å². The smallest absolute Gasteiger partial charge is 0.119 e. The largest absolute Gasteiger partial charge is 0.397 e. The van der Waals surface area contributed by atoms with Crippen molar-refractivity contribution in [1.29, 1.82) is 0 Å². The van der Waals surface area contributed by atoms with Crippen LogP contribution >= 0.6 is 23.4 Å². The lowest BCUT2D eigenvalue weighted by atomic mass is 10.4. The Morgan fingerprint density at radius 2 is 2.43 bits per heavy atom. The Morgan fingerprint density at radius 3 is 3.07 bits per heavy atom. The van der Waals surface area contributed by atoms with E-state index in [1.54, 1.807) is 31.1 Å². The third-order valence-electron chi connectivity index (χ3n) is 1.58. The average molecular weight is 233 g/mol. The number of nitrogens with zero attached hydrogens (tertiary/aromatic N) is 1. The number of halogens is 1. The van der Waals surface area contributed by atoms with E-state index in [0.29, 0.717) is 10.7 Å². The van der Waals surface area contributed by atoms with Gasteiger partial charge in [-0.25, -0.2) is 4.98 Å². The van der Waals surface area contributed by atoms with Crippen LogP contribution in [0.1, 0.15) is 6.42 Å². The number of methoxy groups -OCH3 is 1. The van der Waals surface area contributed by atoms with Crippen molar-refractivity contribution in [1.82, 2.24) is 4.98 Å². The van der Waals surface area contributed by atoms with Crippen molar-refractivity contribution in [3.05, 3.63) is 17.3 Å². The second kappa shape index (κ2) is 6.11. The first-order valence-corrected chi connectivity index (χ1v) is 5.63. The van der Waals surface area contributed by atoms with Gasteiger partial charge in [-0.1, -0.05) is 11.6 Å². The van der Waals surface area contributed by atoms with Crippen molar-refractivity contribution in [2.24, 2.45) is 0 Å². The van der Waals surface area contributed by atoms with Crippen molar-refractivity contribution < 1.29 is 4.74 Å². The summed E-state index contributed by atoms with van der Waals surface area (Å²) in [6.07, 6.45) is 2.60. The van der Waals surface area contributed by atoms with Crippen molar-refractivity contribution in [2.75, 3.05) is 25.2 Å². The third kappa shape index (κ3) is 3.74. The third-order valence-corrected chi connectivity index (χ3v) is 2.89. The van der Waals surface area contributed by atoms with Crippen LogP contribution in [0.3, 0.4) is 0 Å². The van der Waals surface area contributed by atoms with Crippen LogP contribution in [0.25, 0.3) is 0 Å². The molecule has 1 aromatic rings. The van der Waals surface area contributed by atoms with Gasteiger partial charge >= 0.3 is 0 Å². The molecule has 78 valence electrons. The van der Waals surface area contributed by atoms with Crippen LogP contribution in [0.15, 0.2) is 17.3 Å². The quantitative estimate of drug-likeness (QED) is 0.626. The first-order valence-electron chi connectivity index (χ1n) is 4.27. The van der Waals surface area contributed by atoms with Gasteiger partial charge in [-0.2, -0.15) is 0 Å². The average Bonchev–Trinajstić information content (AvgIpc) is 2.15. The number of anilines is 1. The predicted octanol–water partition coefficient (Wildman–Crippen LogP) is 2.45. The van der Waals surface area contributed by atoms with Gasteiger partial charge in [0.05, 0.1) is 10.7 Å². The molecule has 0 saturated carbocycles. The number of nitrogens with two attached hydrogens (primary N) is 1. The summed E-state index contributed by atoms with van der Waals surface area (Å²) in [6.45, 7) is 0.764. The second-order valence-corrected chi connectivity index (χ2v) is 4.26. The van der Waals surface area contributed by atoms with Crippen LogP contribution < -0.4 is 5.73 Å². The maximum Gasteiger partial charge on any atom is 0.119 e. The molecule has 0 aliphatic rings. The zero-order chi connectivity index (χ0) is 10.4. The summed E-state index contributed by atoms with van der Waals surface area (Å²) in [5.41, 5.74) is 6.38. The van der Waals surface area contributed by atoms with Crippen LogP contribution in [0.2, 0.25) is 5.02 Å². The number of hydrogen-bond donors (Lipinski definition) is 1. The van der Waals surface area contributed by atoms with Crippen molar-refractivity contribution in [3.8, 4) is 0 Å². The Hall–Kier alpha value is -0.450. The molecule has 1 rings (SSSR count). The molecule has 2 N–H and O–H groups in total. The van der Waals surface area contributed by atoms with Crippen molar-refractivity contribution >= 4 is 29.1 Å². The van der Waals surface area contributed by atoms with E-state index >= 15 is 0 Å². The second-order valence-electron chi connectivity index (χ2n) is 2.74. The van der Waals surface area contributed by atoms with Gasteiger partial charge in [0, 0.05) is 25.7 Å². The number of hydrogen-bond acceptors (Lipinski definition) is 4. The molecule has 0 bridgehead atoms. The molecule has 1 aromatic heterocycles. The Kier molecular flexibility index (Phi) is 5.07. The summed E-state index contributed by atoms with van der Waals surface area (Å²) < 4.78 is 4.94. The summed E-state index contributed by atoms with van der Waals surface area (Å²) in [7, 11) is 1.69. The number of thioether (sulfide) groups is 1. The zero-order valence-corrected chi connectivity index (χ0v) is 9.57. The van der Waals surface area contributed by atoms with E-state index in [0.717, 1.165) is 23.8 Å². The molecule has 0 aromatic carbocycles. The van der Waals surface area contributed by atoms with Crippen LogP contribution in [0.5, 0.6) is 0 Å². The van der Waals surface area contributed by atoms with E-state index in [-0.39, 0.29) is 0 Å². The SMILES string of the molecule is COCCCSc1ncc(Cl)cc1N. The Morgan fingerprint density at radius 1 is 1.64 bits per heavy atom. The van der Waals surface area contributed by atoms with Crippen LogP contribution in [-0.4, -0.2) is 24.5 Å². The zero-order valence-electron chi connectivity index (χ0n) is 8.00. The maximum absolute atomic E-state index is 5.74. The van der Waals surface area contributed by atoms with E-state index in [1.807, 2.05) is 0 Å². The summed E-state index contributed by atoms with van der Waals surface area (Å²) in [6, 6.07) is 1.72. The Labute approximate surface area is 93.0 Å². The normalized spacial score (nSPS) is 10.4. The molecule has 0 aliphatic carbocycles. The van der Waals surface area contributed by atoms with Crippen LogP contribution in [-0.2, 0) is 4.74 Å². The van der Waals surface area contributed by atoms with Gasteiger partial charge in [-0.05, 0) is 12.5 Å².